The number of hydrogen-bond acceptors (Lipinski definition) is 6. The van der Waals surface area contributed by atoms with Crippen LogP contribution in [0.1, 0.15) is 78.1 Å². The molecule has 0 saturated heterocycles. The van der Waals surface area contributed by atoms with E-state index >= 15 is 0 Å². The average Bonchev–Trinajstić information content (AvgIpc) is 3.61. The molecular weight excluding hydrogens is 582 g/mol. The van der Waals surface area contributed by atoms with E-state index in [9.17, 15) is 9.59 Å². The van der Waals surface area contributed by atoms with E-state index in [0.29, 0.717) is 25.7 Å². The van der Waals surface area contributed by atoms with Gasteiger partial charge in [-0.15, -0.1) is 22.1 Å². The Balaban J connectivity index is 0.00000353. The van der Waals surface area contributed by atoms with Crippen molar-refractivity contribution in [3.05, 3.63) is 69.3 Å². The predicted molar refractivity (Wildman–Crippen MR) is 159 cm³/mol. The fourth-order valence-electron chi connectivity index (χ4n) is 5.59. The van der Waals surface area contributed by atoms with Gasteiger partial charge in [0, 0.05) is 0 Å². The van der Waals surface area contributed by atoms with Crippen LogP contribution in [0.2, 0.25) is 0 Å². The number of aromatic nitrogens is 4. The molecule has 3 aliphatic rings. The summed E-state index contributed by atoms with van der Waals surface area (Å²) in [6.45, 7) is 8.69. The van der Waals surface area contributed by atoms with Crippen LogP contribution in [0, 0.1) is 13.8 Å². The number of carbonyl (C=O) groups excluding carboxylic acids is 2. The van der Waals surface area contributed by atoms with Crippen LogP contribution in [-0.2, 0) is 51.4 Å². The minimum atomic E-state index is -0.565. The van der Waals surface area contributed by atoms with Crippen molar-refractivity contribution in [2.24, 2.45) is 0 Å². The standard InChI is InChI=1S/C33H32N4O4.Zn/c1-18-11-23-14-28-20(3)24-7-5-9-40-32(38)17-33(39)41-10-6-8-25-21(4)29(37-31(25)16-30(24)36-28)15-27-19(2)12-22(35-27)13-26(18)34-23;/h11-16H,5-10,17H2,1-4H3;/q-2;+2. The van der Waals surface area contributed by atoms with E-state index in [2.05, 4.69) is 45.9 Å². The van der Waals surface area contributed by atoms with Crippen LogP contribution in [0.25, 0.3) is 45.4 Å². The van der Waals surface area contributed by atoms with Gasteiger partial charge < -0.3 is 19.4 Å². The summed E-state index contributed by atoms with van der Waals surface area (Å²) in [5, 5.41) is 0. The molecule has 0 unspecified atom stereocenters. The molecule has 0 amide bonds. The van der Waals surface area contributed by atoms with Crippen LogP contribution in [-0.4, -0.2) is 35.1 Å². The molecule has 0 spiro atoms. The molecule has 8 bridgehead atoms. The van der Waals surface area contributed by atoms with Crippen LogP contribution in [0.15, 0.2) is 24.3 Å². The largest absolute Gasteiger partial charge is 2.00 e. The minimum absolute atomic E-state index is 0. The maximum atomic E-state index is 12.1. The molecule has 8 nitrogen and oxygen atoms in total. The fourth-order valence-corrected chi connectivity index (χ4v) is 5.59. The number of esters is 2. The molecule has 0 aliphatic carbocycles. The Bertz CT molecular complexity index is 1810. The van der Waals surface area contributed by atoms with E-state index in [0.717, 1.165) is 78.2 Å². The zero-order valence-electron chi connectivity index (χ0n) is 24.5. The Morgan fingerprint density at radius 2 is 1.12 bits per heavy atom. The molecule has 0 radical (unpaired) electrons. The van der Waals surface area contributed by atoms with Gasteiger partial charge in [-0.1, -0.05) is 40.5 Å². The number of hydrogen-bond donors (Lipinski definition) is 0. The quantitative estimate of drug-likeness (QED) is 0.182. The van der Waals surface area contributed by atoms with Crippen LogP contribution >= 0.6 is 0 Å². The van der Waals surface area contributed by atoms with Gasteiger partial charge in [-0.3, -0.25) is 9.59 Å². The predicted octanol–water partition coefficient (Wildman–Crippen LogP) is 5.66. The molecule has 42 heavy (non-hydrogen) atoms. The van der Waals surface area contributed by atoms with E-state index in [1.54, 1.807) is 0 Å². The van der Waals surface area contributed by atoms with Crippen molar-refractivity contribution in [3.8, 4) is 0 Å². The molecule has 0 aromatic carbocycles. The molecule has 3 aromatic heterocycles. The molecule has 0 N–H and O–H groups in total. The molecule has 210 valence electrons. The van der Waals surface area contributed by atoms with Crippen molar-refractivity contribution >= 4 is 57.3 Å². The number of carbonyl (C=O) groups is 2. The van der Waals surface area contributed by atoms with E-state index in [4.69, 9.17) is 29.4 Å². The third kappa shape index (κ3) is 6.02. The first-order valence-corrected chi connectivity index (χ1v) is 14.1. The van der Waals surface area contributed by atoms with Gasteiger partial charge in [0.05, 0.1) is 36.0 Å². The van der Waals surface area contributed by atoms with Crippen molar-refractivity contribution in [1.29, 1.82) is 0 Å². The molecule has 6 rings (SSSR count). The Morgan fingerprint density at radius 1 is 0.643 bits per heavy atom. The number of rotatable bonds is 0. The van der Waals surface area contributed by atoms with Gasteiger partial charge in [-0.2, -0.15) is 0 Å². The van der Waals surface area contributed by atoms with Crippen LogP contribution in [0.5, 0.6) is 0 Å². The zero-order valence-corrected chi connectivity index (χ0v) is 27.5. The first kappa shape index (κ1) is 29.6. The van der Waals surface area contributed by atoms with Gasteiger partial charge >= 0.3 is 31.4 Å². The van der Waals surface area contributed by atoms with E-state index < -0.39 is 11.9 Å². The van der Waals surface area contributed by atoms with E-state index in [1.165, 1.54) is 0 Å². The first-order chi connectivity index (χ1) is 19.7. The molecule has 3 aliphatic heterocycles. The summed E-state index contributed by atoms with van der Waals surface area (Å²) in [6, 6.07) is 8.15. The number of cyclic esters (lactones) is 2. The smallest absolute Gasteiger partial charge is 0.657 e. The molecule has 0 atom stereocenters. The average molecular weight is 614 g/mol. The molecular formula is C33H32N4O4Zn. The van der Waals surface area contributed by atoms with Gasteiger partial charge in [-0.25, -0.2) is 9.97 Å². The Kier molecular flexibility index (Phi) is 8.60. The second-order valence-corrected chi connectivity index (χ2v) is 10.9. The summed E-state index contributed by atoms with van der Waals surface area (Å²) in [6.07, 6.45) is 6.29. The monoisotopic (exact) mass is 612 g/mol. The second-order valence-electron chi connectivity index (χ2n) is 10.9. The molecule has 6 heterocycles. The maximum absolute atomic E-state index is 12.1. The molecule has 9 heteroatoms. The first-order valence-electron chi connectivity index (χ1n) is 14.1. The fraction of sp³-hybridized carbons (Fsp3) is 0.333. The van der Waals surface area contributed by atoms with Gasteiger partial charge in [0.15, 0.2) is 0 Å². The molecule has 3 aromatic rings. The molecule has 0 saturated carbocycles. The summed E-state index contributed by atoms with van der Waals surface area (Å²) in [5.41, 5.74) is 13.4. The van der Waals surface area contributed by atoms with Crippen molar-refractivity contribution in [3.63, 3.8) is 0 Å². The molecule has 0 fully saturated rings. The SMILES string of the molecule is CC1=Cc2cc3[n-]c4cc5[n-]c(cc6nc(cc1n2)C=C6C)c(C)c5CCCOC(=O)CC(=O)OCCCc4c3C.[Zn+2]. The third-order valence-electron chi connectivity index (χ3n) is 7.88. The number of allylic oxidation sites excluding steroid dienone is 2. The summed E-state index contributed by atoms with van der Waals surface area (Å²) < 4.78 is 10.6. The summed E-state index contributed by atoms with van der Waals surface area (Å²) in [7, 11) is 0. The van der Waals surface area contributed by atoms with E-state index in [1.807, 2.05) is 18.2 Å². The van der Waals surface area contributed by atoms with Gasteiger partial charge in [0.1, 0.15) is 6.42 Å². The van der Waals surface area contributed by atoms with Crippen LogP contribution in [0.3, 0.4) is 0 Å². The van der Waals surface area contributed by atoms with Crippen molar-refractivity contribution in [2.75, 3.05) is 13.2 Å². The Morgan fingerprint density at radius 3 is 1.67 bits per heavy atom. The van der Waals surface area contributed by atoms with Crippen molar-refractivity contribution < 1.29 is 38.5 Å². The summed E-state index contributed by atoms with van der Waals surface area (Å²) in [5.74, 6) is -1.13. The summed E-state index contributed by atoms with van der Waals surface area (Å²) in [4.78, 5) is 44.2. The summed E-state index contributed by atoms with van der Waals surface area (Å²) >= 11 is 0. The number of fused-ring (bicyclic) bond motifs is 6. The van der Waals surface area contributed by atoms with Gasteiger partial charge in [-0.05, 0) is 82.7 Å². The topological polar surface area (TPSA) is 107 Å². The van der Waals surface area contributed by atoms with Gasteiger partial charge in [0.25, 0.3) is 0 Å². The maximum Gasteiger partial charge on any atom is 2.00 e. The van der Waals surface area contributed by atoms with Gasteiger partial charge in [0.2, 0.25) is 0 Å². The second kappa shape index (κ2) is 12.2. The third-order valence-corrected chi connectivity index (χ3v) is 7.88. The van der Waals surface area contributed by atoms with Crippen LogP contribution < -0.4 is 9.97 Å². The Hall–Kier alpha value is -3.84. The van der Waals surface area contributed by atoms with Crippen molar-refractivity contribution in [1.82, 2.24) is 19.9 Å². The van der Waals surface area contributed by atoms with Crippen molar-refractivity contribution in [2.45, 2.75) is 59.8 Å². The zero-order chi connectivity index (χ0) is 28.7. The van der Waals surface area contributed by atoms with Crippen LogP contribution in [0.4, 0.5) is 0 Å². The van der Waals surface area contributed by atoms with E-state index in [-0.39, 0.29) is 39.1 Å². The number of aryl methyl sites for hydroxylation is 4. The normalized spacial score (nSPS) is 16.0. The Labute approximate surface area is 257 Å². The minimum Gasteiger partial charge on any atom is -0.657 e. The number of ether oxygens (including phenoxy) is 2. The number of nitrogens with zero attached hydrogens (tertiary/aromatic N) is 4.